The van der Waals surface area contributed by atoms with Gasteiger partial charge in [0.15, 0.2) is 0 Å². The largest absolute Gasteiger partial charge is 0.378 e. The summed E-state index contributed by atoms with van der Waals surface area (Å²) in [7, 11) is 1.89. The monoisotopic (exact) mass is 292 g/mol. The maximum atomic E-state index is 10.9. The number of hydrogen-bond acceptors (Lipinski definition) is 5. The van der Waals surface area contributed by atoms with Crippen LogP contribution in [-0.2, 0) is 19.0 Å². The molecule has 0 aromatic rings. The van der Waals surface area contributed by atoms with Gasteiger partial charge < -0.3 is 24.8 Å². The molecule has 0 saturated heterocycles. The van der Waals surface area contributed by atoms with Crippen LogP contribution in [0.2, 0.25) is 0 Å². The standard InChI is InChI=1S/C12H26N2O4.C2H6/c1-3-12(15)14-5-7-17-9-11-18-10-8-16-6-4-13-2;1-2/h13H,3-11H2,1-2H3,(H,14,15);1-2H3. The van der Waals surface area contributed by atoms with Crippen molar-refractivity contribution < 1.29 is 19.0 Å². The Hall–Kier alpha value is -0.690. The summed E-state index contributed by atoms with van der Waals surface area (Å²) in [6.07, 6.45) is 0.511. The first-order chi connectivity index (χ1) is 9.81. The highest BCUT2D eigenvalue weighted by molar-refractivity contribution is 5.75. The molecule has 0 aliphatic rings. The lowest BCUT2D eigenvalue weighted by molar-refractivity contribution is -0.121. The van der Waals surface area contributed by atoms with Crippen LogP contribution in [0.25, 0.3) is 0 Å². The van der Waals surface area contributed by atoms with Gasteiger partial charge in [-0.05, 0) is 7.05 Å². The first kappa shape index (κ1) is 21.6. The van der Waals surface area contributed by atoms with E-state index in [1.165, 1.54) is 0 Å². The quantitative estimate of drug-likeness (QED) is 0.492. The molecule has 0 aromatic carbocycles. The van der Waals surface area contributed by atoms with Crippen molar-refractivity contribution in [1.82, 2.24) is 10.6 Å². The van der Waals surface area contributed by atoms with Gasteiger partial charge in [0.25, 0.3) is 0 Å². The van der Waals surface area contributed by atoms with Crippen molar-refractivity contribution in [3.8, 4) is 0 Å². The zero-order valence-corrected chi connectivity index (χ0v) is 13.5. The van der Waals surface area contributed by atoms with E-state index in [9.17, 15) is 4.79 Å². The number of ether oxygens (including phenoxy) is 3. The Balaban J connectivity index is 0. The molecular formula is C14H32N2O4. The van der Waals surface area contributed by atoms with Crippen LogP contribution in [-0.4, -0.2) is 65.7 Å². The molecule has 0 bridgehead atoms. The Morgan fingerprint density at radius 3 is 1.75 bits per heavy atom. The third-order valence-corrected chi connectivity index (χ3v) is 2.13. The molecule has 2 N–H and O–H groups in total. The molecule has 0 unspecified atom stereocenters. The number of nitrogens with one attached hydrogen (secondary N) is 2. The molecule has 1 amide bonds. The normalized spacial score (nSPS) is 9.80. The molecule has 6 nitrogen and oxygen atoms in total. The zero-order valence-electron chi connectivity index (χ0n) is 13.5. The molecule has 0 aromatic heterocycles. The number of carbonyl (C=O) groups excluding carboxylic acids is 1. The second-order valence-electron chi connectivity index (χ2n) is 3.64. The second kappa shape index (κ2) is 20.6. The van der Waals surface area contributed by atoms with Gasteiger partial charge in [-0.3, -0.25) is 4.79 Å². The molecule has 122 valence electrons. The Morgan fingerprint density at radius 2 is 1.30 bits per heavy atom. The molecule has 0 aliphatic carbocycles. The van der Waals surface area contributed by atoms with Gasteiger partial charge in [0.1, 0.15) is 0 Å². The van der Waals surface area contributed by atoms with Crippen LogP contribution < -0.4 is 10.6 Å². The topological polar surface area (TPSA) is 68.8 Å². The first-order valence-electron chi connectivity index (χ1n) is 7.45. The smallest absolute Gasteiger partial charge is 0.219 e. The first-order valence-corrected chi connectivity index (χ1v) is 7.45. The van der Waals surface area contributed by atoms with E-state index in [2.05, 4.69) is 10.6 Å². The van der Waals surface area contributed by atoms with Crippen LogP contribution >= 0.6 is 0 Å². The highest BCUT2D eigenvalue weighted by atomic mass is 16.5. The summed E-state index contributed by atoms with van der Waals surface area (Å²) in [6.45, 7) is 10.7. The van der Waals surface area contributed by atoms with Crippen LogP contribution in [0.1, 0.15) is 27.2 Å². The summed E-state index contributed by atoms with van der Waals surface area (Å²) in [5.41, 5.74) is 0. The van der Waals surface area contributed by atoms with Crippen molar-refractivity contribution in [3.05, 3.63) is 0 Å². The van der Waals surface area contributed by atoms with E-state index < -0.39 is 0 Å². The van der Waals surface area contributed by atoms with Gasteiger partial charge in [-0.15, -0.1) is 0 Å². The number of rotatable bonds is 13. The van der Waals surface area contributed by atoms with Crippen LogP contribution in [0.3, 0.4) is 0 Å². The third-order valence-electron chi connectivity index (χ3n) is 2.13. The molecule has 0 rings (SSSR count). The average molecular weight is 292 g/mol. The lowest BCUT2D eigenvalue weighted by atomic mass is 10.4. The lowest BCUT2D eigenvalue weighted by Gasteiger charge is -2.07. The highest BCUT2D eigenvalue weighted by Crippen LogP contribution is 1.81. The van der Waals surface area contributed by atoms with Crippen molar-refractivity contribution in [1.29, 1.82) is 0 Å². The summed E-state index contributed by atoms with van der Waals surface area (Å²) in [4.78, 5) is 10.9. The Labute approximate surface area is 123 Å². The van der Waals surface area contributed by atoms with Crippen molar-refractivity contribution >= 4 is 5.91 Å². The van der Waals surface area contributed by atoms with E-state index in [4.69, 9.17) is 14.2 Å². The summed E-state index contributed by atoms with van der Waals surface area (Å²) in [5, 5.41) is 5.73. The van der Waals surface area contributed by atoms with E-state index in [1.54, 1.807) is 0 Å². The van der Waals surface area contributed by atoms with E-state index in [0.717, 1.165) is 6.54 Å². The Bertz CT molecular complexity index is 192. The molecule has 0 saturated carbocycles. The van der Waals surface area contributed by atoms with Gasteiger partial charge in [0.2, 0.25) is 5.91 Å². The van der Waals surface area contributed by atoms with Crippen molar-refractivity contribution in [2.75, 3.05) is 59.8 Å². The van der Waals surface area contributed by atoms with Crippen LogP contribution in [0, 0.1) is 0 Å². The maximum absolute atomic E-state index is 10.9. The molecule has 6 heteroatoms. The average Bonchev–Trinajstić information content (AvgIpc) is 2.50. The molecule has 20 heavy (non-hydrogen) atoms. The van der Waals surface area contributed by atoms with Crippen molar-refractivity contribution in [2.24, 2.45) is 0 Å². The minimum absolute atomic E-state index is 0.0496. The fourth-order valence-electron chi connectivity index (χ4n) is 1.10. The lowest BCUT2D eigenvalue weighted by Crippen LogP contribution is -2.26. The molecule has 0 fully saturated rings. The summed E-state index contributed by atoms with van der Waals surface area (Å²) >= 11 is 0. The van der Waals surface area contributed by atoms with E-state index in [1.807, 2.05) is 27.8 Å². The number of amides is 1. The van der Waals surface area contributed by atoms with Gasteiger partial charge in [-0.25, -0.2) is 0 Å². The number of likely N-dealkylation sites (N-methyl/N-ethyl adjacent to an activating group) is 1. The molecular weight excluding hydrogens is 260 g/mol. The minimum atomic E-state index is 0.0496. The van der Waals surface area contributed by atoms with Crippen LogP contribution in [0.4, 0.5) is 0 Å². The van der Waals surface area contributed by atoms with Gasteiger partial charge >= 0.3 is 0 Å². The zero-order chi connectivity index (χ0) is 15.5. The fourth-order valence-corrected chi connectivity index (χ4v) is 1.10. The van der Waals surface area contributed by atoms with Crippen LogP contribution in [0.5, 0.6) is 0 Å². The van der Waals surface area contributed by atoms with Crippen molar-refractivity contribution in [3.63, 3.8) is 0 Å². The molecule has 0 spiro atoms. The molecule has 0 radical (unpaired) electrons. The fraction of sp³-hybridized carbons (Fsp3) is 0.929. The molecule has 0 heterocycles. The SMILES string of the molecule is CC.CCC(=O)NCCOCCOCCOCCNC. The predicted molar refractivity (Wildman–Crippen MR) is 81.0 cm³/mol. The second-order valence-corrected chi connectivity index (χ2v) is 3.64. The summed E-state index contributed by atoms with van der Waals surface area (Å²) < 4.78 is 15.9. The molecule has 0 atom stereocenters. The summed E-state index contributed by atoms with van der Waals surface area (Å²) in [5.74, 6) is 0.0496. The number of hydrogen-bond donors (Lipinski definition) is 2. The molecule has 0 aliphatic heterocycles. The van der Waals surface area contributed by atoms with E-state index in [-0.39, 0.29) is 5.91 Å². The van der Waals surface area contributed by atoms with Gasteiger partial charge in [0, 0.05) is 19.5 Å². The van der Waals surface area contributed by atoms with E-state index in [0.29, 0.717) is 52.6 Å². The van der Waals surface area contributed by atoms with Gasteiger partial charge in [-0.2, -0.15) is 0 Å². The van der Waals surface area contributed by atoms with Gasteiger partial charge in [0.05, 0.1) is 39.6 Å². The predicted octanol–water partition coefficient (Wildman–Crippen LogP) is 0.808. The highest BCUT2D eigenvalue weighted by Gasteiger charge is 1.95. The minimum Gasteiger partial charge on any atom is -0.378 e. The summed E-state index contributed by atoms with van der Waals surface area (Å²) in [6, 6.07) is 0. The Kier molecular flexibility index (Phi) is 22.3. The van der Waals surface area contributed by atoms with Gasteiger partial charge in [-0.1, -0.05) is 20.8 Å². The maximum Gasteiger partial charge on any atom is 0.219 e. The van der Waals surface area contributed by atoms with Crippen molar-refractivity contribution in [2.45, 2.75) is 27.2 Å². The van der Waals surface area contributed by atoms with Crippen LogP contribution in [0.15, 0.2) is 0 Å². The third kappa shape index (κ3) is 19.6. The van der Waals surface area contributed by atoms with E-state index >= 15 is 0 Å². The Morgan fingerprint density at radius 1 is 0.850 bits per heavy atom. The number of carbonyl (C=O) groups is 1.